The van der Waals surface area contributed by atoms with Gasteiger partial charge < -0.3 is 4.42 Å². The van der Waals surface area contributed by atoms with Gasteiger partial charge in [0.05, 0.1) is 24.5 Å². The van der Waals surface area contributed by atoms with Crippen LogP contribution in [0.5, 0.6) is 0 Å². The summed E-state index contributed by atoms with van der Waals surface area (Å²) in [6.45, 7) is 8.32. The van der Waals surface area contributed by atoms with Crippen LogP contribution in [0.3, 0.4) is 0 Å². The van der Waals surface area contributed by atoms with Gasteiger partial charge in [-0.2, -0.15) is 5.10 Å². The summed E-state index contributed by atoms with van der Waals surface area (Å²) in [5.41, 5.74) is 1.23. The quantitative estimate of drug-likeness (QED) is 0.863. The summed E-state index contributed by atoms with van der Waals surface area (Å²) in [5, 5.41) is 4.44. The topological polar surface area (TPSA) is 47.1 Å². The van der Waals surface area contributed by atoms with E-state index in [4.69, 9.17) is 4.42 Å². The van der Waals surface area contributed by atoms with E-state index < -0.39 is 0 Å². The maximum absolute atomic E-state index is 5.64. The number of piperidine rings is 1. The van der Waals surface area contributed by atoms with Gasteiger partial charge in [-0.3, -0.25) is 9.58 Å². The van der Waals surface area contributed by atoms with Crippen molar-refractivity contribution >= 4 is 0 Å². The summed E-state index contributed by atoms with van der Waals surface area (Å²) in [6.07, 6.45) is 8.13. The van der Waals surface area contributed by atoms with E-state index in [-0.39, 0.29) is 6.04 Å². The summed E-state index contributed by atoms with van der Waals surface area (Å²) in [5.74, 6) is 1.71. The Morgan fingerprint density at radius 3 is 2.55 bits per heavy atom. The molecule has 0 aromatic carbocycles. The van der Waals surface area contributed by atoms with Crippen molar-refractivity contribution in [2.45, 2.75) is 45.7 Å². The predicted molar refractivity (Wildman–Crippen MR) is 76.5 cm³/mol. The van der Waals surface area contributed by atoms with Crippen molar-refractivity contribution in [3.8, 4) is 0 Å². The van der Waals surface area contributed by atoms with Crippen LogP contribution in [0.1, 0.15) is 49.1 Å². The van der Waals surface area contributed by atoms with Crippen LogP contribution in [0, 0.1) is 13.8 Å². The van der Waals surface area contributed by atoms with Crippen LogP contribution in [-0.4, -0.2) is 32.8 Å². The van der Waals surface area contributed by atoms with Gasteiger partial charge in [-0.05, 0) is 39.2 Å². The molecule has 2 aromatic rings. The first-order valence-electron chi connectivity index (χ1n) is 7.30. The minimum absolute atomic E-state index is 0.254. The van der Waals surface area contributed by atoms with Crippen molar-refractivity contribution in [3.63, 3.8) is 0 Å². The number of likely N-dealkylation sites (tertiary alicyclic amines) is 1. The molecule has 0 radical (unpaired) electrons. The van der Waals surface area contributed by atoms with Gasteiger partial charge in [0.25, 0.3) is 0 Å². The monoisotopic (exact) mass is 274 g/mol. The number of hydrogen-bond acceptors (Lipinski definition) is 4. The second-order valence-corrected chi connectivity index (χ2v) is 5.75. The van der Waals surface area contributed by atoms with Gasteiger partial charge in [0.2, 0.25) is 5.89 Å². The highest BCUT2D eigenvalue weighted by atomic mass is 16.4. The highest BCUT2D eigenvalue weighted by Gasteiger charge is 2.26. The maximum atomic E-state index is 5.64. The molecule has 3 heterocycles. The van der Waals surface area contributed by atoms with Crippen molar-refractivity contribution in [3.05, 3.63) is 35.8 Å². The molecule has 0 bridgehead atoms. The third-order valence-corrected chi connectivity index (χ3v) is 4.15. The Bertz CT molecular complexity index is 566. The molecule has 0 aliphatic carbocycles. The molecule has 5 nitrogen and oxygen atoms in total. The first-order chi connectivity index (χ1) is 9.63. The first-order valence-corrected chi connectivity index (χ1v) is 7.30. The van der Waals surface area contributed by atoms with Crippen molar-refractivity contribution in [1.82, 2.24) is 19.7 Å². The number of oxazole rings is 1. The summed E-state index contributed by atoms with van der Waals surface area (Å²) in [6, 6.07) is 0.780. The molecule has 5 heteroatoms. The molecule has 1 saturated heterocycles. The molecule has 3 rings (SSSR count). The lowest BCUT2D eigenvalue weighted by Crippen LogP contribution is -2.36. The molecule has 2 aromatic heterocycles. The van der Waals surface area contributed by atoms with Crippen LogP contribution in [0.25, 0.3) is 0 Å². The highest BCUT2D eigenvalue weighted by Crippen LogP contribution is 2.28. The van der Waals surface area contributed by atoms with Gasteiger partial charge in [-0.1, -0.05) is 0 Å². The highest BCUT2D eigenvalue weighted by molar-refractivity contribution is 5.01. The van der Waals surface area contributed by atoms with Crippen LogP contribution >= 0.6 is 0 Å². The smallest absolute Gasteiger partial charge is 0.211 e. The van der Waals surface area contributed by atoms with Crippen LogP contribution in [0.15, 0.2) is 23.0 Å². The van der Waals surface area contributed by atoms with Crippen molar-refractivity contribution < 1.29 is 4.42 Å². The van der Waals surface area contributed by atoms with Gasteiger partial charge in [0.1, 0.15) is 5.76 Å². The lowest BCUT2D eigenvalue weighted by molar-refractivity contribution is 0.122. The molecule has 1 fully saturated rings. The van der Waals surface area contributed by atoms with Crippen LogP contribution in [-0.2, 0) is 0 Å². The Morgan fingerprint density at radius 1 is 1.25 bits per heavy atom. The minimum atomic E-state index is 0.254. The maximum Gasteiger partial charge on any atom is 0.211 e. The van der Waals surface area contributed by atoms with E-state index >= 15 is 0 Å². The molecule has 20 heavy (non-hydrogen) atoms. The second kappa shape index (κ2) is 5.40. The summed E-state index contributed by atoms with van der Waals surface area (Å²) >= 11 is 0. The fraction of sp³-hybridized carbons (Fsp3) is 0.600. The SMILES string of the molecule is Cc1cnn(C2CCN(C(C)c3ncc(C)o3)CC2)c1. The van der Waals surface area contributed by atoms with E-state index in [1.807, 2.05) is 13.1 Å². The van der Waals surface area contributed by atoms with Crippen molar-refractivity contribution in [1.29, 1.82) is 0 Å². The molecular formula is C15H22N4O. The second-order valence-electron chi connectivity index (χ2n) is 5.75. The number of nitrogens with zero attached hydrogens (tertiary/aromatic N) is 4. The molecular weight excluding hydrogens is 252 g/mol. The van der Waals surface area contributed by atoms with Gasteiger partial charge >= 0.3 is 0 Å². The van der Waals surface area contributed by atoms with E-state index in [0.717, 1.165) is 37.6 Å². The Kier molecular flexibility index (Phi) is 3.61. The third-order valence-electron chi connectivity index (χ3n) is 4.15. The predicted octanol–water partition coefficient (Wildman–Crippen LogP) is 2.89. The van der Waals surface area contributed by atoms with Gasteiger partial charge in [-0.15, -0.1) is 0 Å². The van der Waals surface area contributed by atoms with Gasteiger partial charge in [0, 0.05) is 19.3 Å². The summed E-state index contributed by atoms with van der Waals surface area (Å²) < 4.78 is 7.76. The Balaban J connectivity index is 1.61. The van der Waals surface area contributed by atoms with Gasteiger partial charge in [-0.25, -0.2) is 4.98 Å². The van der Waals surface area contributed by atoms with Crippen LogP contribution in [0.4, 0.5) is 0 Å². The molecule has 1 unspecified atom stereocenters. The average molecular weight is 274 g/mol. The lowest BCUT2D eigenvalue weighted by atomic mass is 10.0. The van der Waals surface area contributed by atoms with E-state index in [9.17, 15) is 0 Å². The molecule has 0 amide bonds. The normalized spacial score (nSPS) is 19.4. The number of aromatic nitrogens is 3. The van der Waals surface area contributed by atoms with Crippen LogP contribution in [0.2, 0.25) is 0 Å². The molecule has 0 saturated carbocycles. The zero-order valence-electron chi connectivity index (χ0n) is 12.4. The Hall–Kier alpha value is -1.62. The largest absolute Gasteiger partial charge is 0.444 e. The van der Waals surface area contributed by atoms with E-state index in [1.54, 1.807) is 6.20 Å². The van der Waals surface area contributed by atoms with E-state index in [2.05, 4.69) is 39.7 Å². The zero-order valence-corrected chi connectivity index (χ0v) is 12.4. The molecule has 1 atom stereocenters. The molecule has 0 N–H and O–H groups in total. The third kappa shape index (κ3) is 2.63. The molecule has 1 aliphatic heterocycles. The number of aryl methyl sites for hydroxylation is 2. The minimum Gasteiger partial charge on any atom is -0.444 e. The molecule has 0 spiro atoms. The zero-order chi connectivity index (χ0) is 14.1. The number of hydrogen-bond donors (Lipinski definition) is 0. The fourth-order valence-corrected chi connectivity index (χ4v) is 2.89. The van der Waals surface area contributed by atoms with Crippen molar-refractivity contribution in [2.24, 2.45) is 0 Å². The van der Waals surface area contributed by atoms with Gasteiger partial charge in [0.15, 0.2) is 0 Å². The standard InChI is InChI=1S/C15H22N4O/c1-11-8-17-19(10-11)14-4-6-18(7-5-14)13(3)15-16-9-12(2)20-15/h8-10,13-14H,4-7H2,1-3H3. The molecule has 108 valence electrons. The van der Waals surface area contributed by atoms with E-state index in [0.29, 0.717) is 6.04 Å². The molecule has 1 aliphatic rings. The number of rotatable bonds is 3. The fourth-order valence-electron chi connectivity index (χ4n) is 2.89. The Labute approximate surface area is 119 Å². The van der Waals surface area contributed by atoms with Crippen LogP contribution < -0.4 is 0 Å². The summed E-state index contributed by atoms with van der Waals surface area (Å²) in [7, 11) is 0. The Morgan fingerprint density at radius 2 is 2.00 bits per heavy atom. The van der Waals surface area contributed by atoms with Crippen molar-refractivity contribution in [2.75, 3.05) is 13.1 Å². The van der Waals surface area contributed by atoms with E-state index in [1.165, 1.54) is 5.56 Å². The summed E-state index contributed by atoms with van der Waals surface area (Å²) in [4.78, 5) is 6.79. The first kappa shape index (κ1) is 13.4. The lowest BCUT2D eigenvalue weighted by Gasteiger charge is -2.34. The average Bonchev–Trinajstić information content (AvgIpc) is 3.07.